The van der Waals surface area contributed by atoms with Crippen LogP contribution in [0.4, 0.5) is 0 Å². The van der Waals surface area contributed by atoms with Crippen LogP contribution >= 0.6 is 0 Å². The van der Waals surface area contributed by atoms with E-state index in [1.54, 1.807) is 0 Å². The number of nitrogens with two attached hydrogens (primary N) is 1. The molecule has 1 aliphatic rings. The second kappa shape index (κ2) is 2.39. The molecule has 0 aromatic heterocycles. The molecule has 0 spiro atoms. The summed E-state index contributed by atoms with van der Waals surface area (Å²) in [6.45, 7) is 0. The fourth-order valence-corrected chi connectivity index (χ4v) is 0.368. The zero-order valence-electron chi connectivity index (χ0n) is 3.48. The van der Waals surface area contributed by atoms with Crippen LogP contribution < -0.4 is 5.73 Å². The zero-order valence-corrected chi connectivity index (χ0v) is 3.48. The van der Waals surface area contributed by atoms with Gasteiger partial charge in [0.2, 0.25) is 5.91 Å². The summed E-state index contributed by atoms with van der Waals surface area (Å²) >= 11 is 0. The third-order valence-corrected chi connectivity index (χ3v) is 0.980. The van der Waals surface area contributed by atoms with Crippen molar-refractivity contribution in [3.8, 4) is 0 Å². The Hall–Kier alpha value is 0.0674. The van der Waals surface area contributed by atoms with Gasteiger partial charge in [0.1, 0.15) is 0 Å². The van der Waals surface area contributed by atoms with Crippen molar-refractivity contribution in [2.45, 2.75) is 12.8 Å². The molecule has 0 radical (unpaired) electrons. The Kier molecular flexibility index (Phi) is 2.42. The number of hydrogen-bond donors (Lipinski definition) is 1. The molecule has 1 aliphatic carbocycles. The van der Waals surface area contributed by atoms with Crippen LogP contribution in [0.2, 0.25) is 0 Å². The summed E-state index contributed by atoms with van der Waals surface area (Å²) < 4.78 is 0. The van der Waals surface area contributed by atoms with Crippen molar-refractivity contribution < 1.29 is 4.79 Å². The molecule has 0 aliphatic heterocycles. The van der Waals surface area contributed by atoms with E-state index in [1.807, 2.05) is 0 Å². The van der Waals surface area contributed by atoms with Gasteiger partial charge in [-0.2, -0.15) is 0 Å². The van der Waals surface area contributed by atoms with E-state index in [-0.39, 0.29) is 30.7 Å². The number of carbonyl (C=O) groups excluding carboxylic acids is 1. The van der Waals surface area contributed by atoms with E-state index in [9.17, 15) is 4.79 Å². The number of hydrogen-bond acceptors (Lipinski definition) is 1. The van der Waals surface area contributed by atoms with Gasteiger partial charge in [0.15, 0.2) is 0 Å². The van der Waals surface area contributed by atoms with E-state index in [1.165, 1.54) is 0 Å². The van der Waals surface area contributed by atoms with Crippen LogP contribution in [-0.4, -0.2) is 24.8 Å². The maximum atomic E-state index is 9.98. The van der Waals surface area contributed by atoms with Crippen LogP contribution in [0.15, 0.2) is 0 Å². The molecule has 2 nitrogen and oxygen atoms in total. The van der Waals surface area contributed by atoms with Crippen LogP contribution in [0.5, 0.6) is 0 Å². The number of rotatable bonds is 1. The van der Waals surface area contributed by atoms with Crippen LogP contribution in [0.25, 0.3) is 0 Å². The zero-order chi connectivity index (χ0) is 4.57. The minimum absolute atomic E-state index is 0. The fraction of sp³-hybridized carbons (Fsp3) is 0.750. The van der Waals surface area contributed by atoms with Crippen LogP contribution in [0.1, 0.15) is 12.8 Å². The third kappa shape index (κ3) is 2.01. The van der Waals surface area contributed by atoms with Gasteiger partial charge in [-0.3, -0.25) is 4.79 Å². The van der Waals surface area contributed by atoms with Crippen molar-refractivity contribution in [1.29, 1.82) is 0 Å². The molecule has 1 amide bonds. The normalized spacial score (nSPS) is 17.7. The molecule has 0 aromatic rings. The molecule has 3 heteroatoms. The average molecular weight is 93.1 g/mol. The Morgan fingerprint density at radius 2 is 2.00 bits per heavy atom. The first-order valence-corrected chi connectivity index (χ1v) is 2.10. The Labute approximate surface area is 54.6 Å². The summed E-state index contributed by atoms with van der Waals surface area (Å²) in [7, 11) is 0. The molecule has 0 heterocycles. The molecule has 1 fully saturated rings. The molecule has 0 unspecified atom stereocenters. The first-order chi connectivity index (χ1) is 2.80. The van der Waals surface area contributed by atoms with Crippen molar-refractivity contribution in [3.05, 3.63) is 0 Å². The van der Waals surface area contributed by atoms with Crippen LogP contribution in [0, 0.1) is 5.92 Å². The predicted molar refractivity (Wildman–Crippen MR) is 29.1 cm³/mol. The molecule has 7 heavy (non-hydrogen) atoms. The molecule has 1 rings (SSSR count). The topological polar surface area (TPSA) is 43.1 Å². The fourth-order valence-electron chi connectivity index (χ4n) is 0.368. The summed E-state index contributed by atoms with van der Waals surface area (Å²) in [6.07, 6.45) is 2.05. The van der Waals surface area contributed by atoms with E-state index >= 15 is 0 Å². The van der Waals surface area contributed by atoms with Gasteiger partial charge in [-0.1, -0.05) is 0 Å². The average Bonchev–Trinajstić information content (AvgIpc) is 2.06. The van der Waals surface area contributed by atoms with Gasteiger partial charge in [-0.05, 0) is 12.8 Å². The first-order valence-electron chi connectivity index (χ1n) is 2.10. The van der Waals surface area contributed by atoms with Gasteiger partial charge >= 0.3 is 18.9 Å². The summed E-state index contributed by atoms with van der Waals surface area (Å²) in [4.78, 5) is 9.98. The van der Waals surface area contributed by atoms with E-state index in [2.05, 4.69) is 0 Å². The second-order valence-electron chi connectivity index (χ2n) is 1.68. The monoisotopic (exact) mass is 93.1 g/mol. The molecule has 0 saturated heterocycles. The second-order valence-corrected chi connectivity index (χ2v) is 1.68. The Morgan fingerprint density at radius 3 is 2.00 bits per heavy atom. The summed E-state index contributed by atoms with van der Waals surface area (Å²) in [5.41, 5.74) is 4.86. The molecule has 36 valence electrons. The van der Waals surface area contributed by atoms with E-state index < -0.39 is 0 Å². The van der Waals surface area contributed by atoms with Crippen LogP contribution in [-0.2, 0) is 4.79 Å². The van der Waals surface area contributed by atoms with E-state index in [0.717, 1.165) is 12.8 Å². The molecule has 0 atom stereocenters. The van der Waals surface area contributed by atoms with Gasteiger partial charge in [-0.15, -0.1) is 0 Å². The number of amides is 1. The summed E-state index contributed by atoms with van der Waals surface area (Å²) in [5, 5.41) is 0. The molecule has 1 saturated carbocycles. The van der Waals surface area contributed by atoms with Gasteiger partial charge in [0.05, 0.1) is 0 Å². The molecule has 0 bridgehead atoms. The quantitative estimate of drug-likeness (QED) is 0.425. The first kappa shape index (κ1) is 7.07. The molecular formula is C4H8LiNO. The predicted octanol–water partition coefficient (Wildman–Crippen LogP) is -0.767. The Morgan fingerprint density at radius 1 is 1.57 bits per heavy atom. The summed E-state index contributed by atoms with van der Waals surface area (Å²) in [5.74, 6) is 0.111. The maximum absolute atomic E-state index is 9.98. The van der Waals surface area contributed by atoms with E-state index in [0.29, 0.717) is 0 Å². The van der Waals surface area contributed by atoms with Gasteiger partial charge < -0.3 is 5.73 Å². The van der Waals surface area contributed by atoms with Crippen molar-refractivity contribution in [1.82, 2.24) is 0 Å². The van der Waals surface area contributed by atoms with Gasteiger partial charge in [0.25, 0.3) is 0 Å². The third-order valence-electron chi connectivity index (χ3n) is 0.980. The number of carbonyl (C=O) groups is 1. The van der Waals surface area contributed by atoms with Gasteiger partial charge in [-0.25, -0.2) is 0 Å². The molecule has 2 N–H and O–H groups in total. The standard InChI is InChI=1S/C4H7NO.Li.H/c5-4(6)3-1-2-3;;/h3H,1-2H2,(H2,5,6);;. The molecule has 0 aromatic carbocycles. The van der Waals surface area contributed by atoms with Gasteiger partial charge in [0, 0.05) is 5.92 Å². The van der Waals surface area contributed by atoms with Crippen molar-refractivity contribution >= 4 is 24.8 Å². The summed E-state index contributed by atoms with van der Waals surface area (Å²) in [6, 6.07) is 0. The Bertz CT molecular complexity index is 79.8. The van der Waals surface area contributed by atoms with Crippen LogP contribution in [0.3, 0.4) is 0 Å². The molecular weight excluding hydrogens is 85.0 g/mol. The van der Waals surface area contributed by atoms with Crippen molar-refractivity contribution in [2.24, 2.45) is 11.7 Å². The SMILES string of the molecule is NC(=O)C1CC1.[LiH]. The van der Waals surface area contributed by atoms with E-state index in [4.69, 9.17) is 5.73 Å². The number of primary amides is 1. The Balaban J connectivity index is 0.000000360. The minimum atomic E-state index is -0.130. The van der Waals surface area contributed by atoms with Crippen molar-refractivity contribution in [2.75, 3.05) is 0 Å². The van der Waals surface area contributed by atoms with Crippen molar-refractivity contribution in [3.63, 3.8) is 0 Å².